The van der Waals surface area contributed by atoms with Gasteiger partial charge >= 0.3 is 5.97 Å². The number of nitrogens with zero attached hydrogens (tertiary/aromatic N) is 1. The zero-order chi connectivity index (χ0) is 24.1. The summed E-state index contributed by atoms with van der Waals surface area (Å²) in [6, 6.07) is 0. The van der Waals surface area contributed by atoms with Gasteiger partial charge in [0, 0.05) is 45.7 Å². The zero-order valence-electron chi connectivity index (χ0n) is 19.4. The van der Waals surface area contributed by atoms with Crippen LogP contribution < -0.4 is 5.48 Å². The maximum Gasteiger partial charge on any atom is 0.308 e. The summed E-state index contributed by atoms with van der Waals surface area (Å²) in [5, 5.41) is 1.11. The molecule has 0 saturated heterocycles. The highest BCUT2D eigenvalue weighted by atomic mass is 35.5. The molecule has 2 aliphatic carbocycles. The van der Waals surface area contributed by atoms with Crippen LogP contribution in [0.4, 0.5) is 17.6 Å². The van der Waals surface area contributed by atoms with Gasteiger partial charge in [-0.2, -0.15) is 0 Å². The molecule has 0 spiro atoms. The van der Waals surface area contributed by atoms with Crippen LogP contribution in [0, 0.1) is 11.8 Å². The van der Waals surface area contributed by atoms with Gasteiger partial charge < -0.3 is 9.57 Å². The van der Waals surface area contributed by atoms with E-state index in [2.05, 4.69) is 10.3 Å². The van der Waals surface area contributed by atoms with Gasteiger partial charge in [0.15, 0.2) is 0 Å². The van der Waals surface area contributed by atoms with Gasteiger partial charge in [0.2, 0.25) is 17.8 Å². The summed E-state index contributed by atoms with van der Waals surface area (Å²) >= 11 is 0. The van der Waals surface area contributed by atoms with E-state index in [9.17, 15) is 27.2 Å². The molecular formula is C20H37ClF4N2O5. The topological polar surface area (TPSA) is 77.1 Å². The smallest absolute Gasteiger partial charge is 0.308 e. The molecule has 32 heavy (non-hydrogen) atoms. The first-order chi connectivity index (χ1) is 14.4. The normalized spacial score (nSPS) is 19.8. The third-order valence-corrected chi connectivity index (χ3v) is 5.19. The average Bonchev–Trinajstić information content (AvgIpc) is 2.73. The monoisotopic (exact) mass is 496 g/mol. The summed E-state index contributed by atoms with van der Waals surface area (Å²) in [5.41, 5.74) is 2.43. The van der Waals surface area contributed by atoms with Gasteiger partial charge in [0.1, 0.15) is 0 Å². The highest BCUT2D eigenvalue weighted by molar-refractivity contribution is 5.85. The quantitative estimate of drug-likeness (QED) is 0.345. The fraction of sp³-hybridized carbons (Fsp3) is 0.900. The standard InChI is InChI=1S/C9H15F2NO2.C9H14F2O2.C2H7NO.ClH/c1-12(14-2)8(13)7-3-5-9(10,11)6-4-7;1-2-13-8(12)7-3-5-9(10,11)6-4-7;1-3-4-2;/h7H,3-6H2,1-2H3;7H,2-6H2,1H3;3H,1-2H3;1H. The Kier molecular flexibility index (Phi) is 17.0. The number of rotatable bonds is 5. The molecule has 0 aromatic rings. The molecule has 0 aromatic carbocycles. The van der Waals surface area contributed by atoms with Gasteiger partial charge in [-0.15, -0.1) is 12.4 Å². The number of ether oxygens (including phenoxy) is 1. The molecule has 0 unspecified atom stereocenters. The Hall–Kier alpha value is -1.17. The van der Waals surface area contributed by atoms with Crippen LogP contribution >= 0.6 is 12.4 Å². The number of esters is 1. The van der Waals surface area contributed by atoms with E-state index >= 15 is 0 Å². The van der Waals surface area contributed by atoms with Crippen molar-refractivity contribution in [2.24, 2.45) is 11.8 Å². The van der Waals surface area contributed by atoms with Gasteiger partial charge in [-0.3, -0.25) is 14.4 Å². The average molecular weight is 497 g/mol. The molecule has 2 saturated carbocycles. The molecule has 0 aliphatic heterocycles. The van der Waals surface area contributed by atoms with Gasteiger partial charge in [0.05, 0.1) is 26.7 Å². The summed E-state index contributed by atoms with van der Waals surface area (Å²) in [4.78, 5) is 31.6. The van der Waals surface area contributed by atoms with Crippen molar-refractivity contribution in [1.82, 2.24) is 10.5 Å². The fourth-order valence-corrected chi connectivity index (χ4v) is 3.17. The van der Waals surface area contributed by atoms with Gasteiger partial charge in [-0.25, -0.2) is 28.1 Å². The van der Waals surface area contributed by atoms with Crippen molar-refractivity contribution in [1.29, 1.82) is 0 Å². The largest absolute Gasteiger partial charge is 0.466 e. The van der Waals surface area contributed by atoms with E-state index in [1.165, 1.54) is 14.2 Å². The summed E-state index contributed by atoms with van der Waals surface area (Å²) in [5.74, 6) is -6.29. The molecule has 1 N–H and O–H groups in total. The van der Waals surface area contributed by atoms with Crippen LogP contribution in [0.1, 0.15) is 58.3 Å². The number of nitrogens with one attached hydrogen (secondary N) is 1. The lowest BCUT2D eigenvalue weighted by atomic mass is 9.86. The molecule has 2 fully saturated rings. The molecular weight excluding hydrogens is 460 g/mol. The first kappa shape index (κ1) is 33.0. The molecule has 1 amide bonds. The molecule has 0 aromatic heterocycles. The number of hydroxylamine groups is 3. The van der Waals surface area contributed by atoms with Crippen LogP contribution in [0.2, 0.25) is 0 Å². The van der Waals surface area contributed by atoms with Crippen molar-refractivity contribution >= 4 is 24.3 Å². The third-order valence-electron chi connectivity index (χ3n) is 5.19. The maximum atomic E-state index is 12.8. The first-order valence-corrected chi connectivity index (χ1v) is 10.4. The maximum absolute atomic E-state index is 12.8. The van der Waals surface area contributed by atoms with E-state index in [0.29, 0.717) is 6.61 Å². The Bertz CT molecular complexity index is 522. The zero-order valence-corrected chi connectivity index (χ0v) is 20.2. The van der Waals surface area contributed by atoms with Crippen LogP contribution in [-0.2, 0) is 24.0 Å². The Morgan fingerprint density at radius 3 is 1.62 bits per heavy atom. The van der Waals surface area contributed by atoms with Crippen LogP contribution in [0.5, 0.6) is 0 Å². The van der Waals surface area contributed by atoms with E-state index in [0.717, 1.165) is 5.06 Å². The Labute approximate surface area is 193 Å². The second kappa shape index (κ2) is 16.4. The minimum absolute atomic E-state index is 0. The fourth-order valence-electron chi connectivity index (χ4n) is 3.17. The summed E-state index contributed by atoms with van der Waals surface area (Å²) in [6.45, 7) is 2.04. The van der Waals surface area contributed by atoms with Crippen molar-refractivity contribution in [2.75, 3.05) is 34.9 Å². The number of halogens is 5. The van der Waals surface area contributed by atoms with E-state index in [1.807, 2.05) is 0 Å². The lowest BCUT2D eigenvalue weighted by Crippen LogP contribution is -2.36. The number of carbonyl (C=O) groups excluding carboxylic acids is 2. The van der Waals surface area contributed by atoms with Crippen LogP contribution in [-0.4, -0.2) is 63.7 Å². The second-order valence-electron chi connectivity index (χ2n) is 7.44. The molecule has 0 heterocycles. The minimum Gasteiger partial charge on any atom is -0.466 e. The summed E-state index contributed by atoms with van der Waals surface area (Å²) in [6.07, 6.45) is 0.256. The Morgan fingerprint density at radius 1 is 0.938 bits per heavy atom. The highest BCUT2D eigenvalue weighted by Gasteiger charge is 2.39. The van der Waals surface area contributed by atoms with Crippen molar-refractivity contribution in [3.8, 4) is 0 Å². The number of amides is 1. The molecule has 12 heteroatoms. The van der Waals surface area contributed by atoms with Crippen molar-refractivity contribution in [3.63, 3.8) is 0 Å². The first-order valence-electron chi connectivity index (χ1n) is 10.4. The Morgan fingerprint density at radius 2 is 1.31 bits per heavy atom. The van der Waals surface area contributed by atoms with E-state index in [4.69, 9.17) is 9.57 Å². The second-order valence-corrected chi connectivity index (χ2v) is 7.44. The van der Waals surface area contributed by atoms with E-state index in [-0.39, 0.29) is 87.5 Å². The van der Waals surface area contributed by atoms with E-state index in [1.54, 1.807) is 21.1 Å². The van der Waals surface area contributed by atoms with Crippen molar-refractivity contribution in [3.05, 3.63) is 0 Å². The predicted octanol–water partition coefficient (Wildman–Crippen LogP) is 4.40. The number of alkyl halides is 4. The third kappa shape index (κ3) is 13.4. The molecule has 192 valence electrons. The number of hydrogen-bond donors (Lipinski definition) is 1. The lowest BCUT2D eigenvalue weighted by molar-refractivity contribution is -0.176. The molecule has 0 bridgehead atoms. The Balaban J connectivity index is 0. The van der Waals surface area contributed by atoms with E-state index < -0.39 is 11.8 Å². The van der Waals surface area contributed by atoms with Gasteiger partial charge in [-0.05, 0) is 32.6 Å². The lowest BCUT2D eigenvalue weighted by Gasteiger charge is -2.29. The molecule has 2 aliphatic rings. The number of carbonyl (C=O) groups is 2. The van der Waals surface area contributed by atoms with Crippen LogP contribution in [0.25, 0.3) is 0 Å². The SMILES string of the molecule is CCOC(=O)C1CCC(F)(F)CC1.CNOC.CON(C)C(=O)C1CCC(F)(F)CC1.Cl. The molecule has 0 radical (unpaired) electrons. The molecule has 7 nitrogen and oxygen atoms in total. The minimum atomic E-state index is -2.58. The summed E-state index contributed by atoms with van der Waals surface area (Å²) < 4.78 is 55.7. The van der Waals surface area contributed by atoms with Crippen molar-refractivity contribution < 1.29 is 41.6 Å². The highest BCUT2D eigenvalue weighted by Crippen LogP contribution is 2.37. The van der Waals surface area contributed by atoms with Gasteiger partial charge in [0.25, 0.3) is 0 Å². The van der Waals surface area contributed by atoms with Crippen LogP contribution in [0.3, 0.4) is 0 Å². The molecule has 2 rings (SSSR count). The van der Waals surface area contributed by atoms with Crippen molar-refractivity contribution in [2.45, 2.75) is 70.1 Å². The molecule has 0 atom stereocenters. The van der Waals surface area contributed by atoms with Gasteiger partial charge in [-0.1, -0.05) is 0 Å². The number of hydrogen-bond acceptors (Lipinski definition) is 6. The summed E-state index contributed by atoms with van der Waals surface area (Å²) in [7, 11) is 6.16. The predicted molar refractivity (Wildman–Crippen MR) is 114 cm³/mol. The van der Waals surface area contributed by atoms with Crippen LogP contribution in [0.15, 0.2) is 0 Å².